The highest BCUT2D eigenvalue weighted by molar-refractivity contribution is 5.93. The number of anilines is 1. The molecule has 0 spiro atoms. The summed E-state index contributed by atoms with van der Waals surface area (Å²) in [5.74, 6) is -0.227. The third-order valence-corrected chi connectivity index (χ3v) is 5.22. The molecule has 0 radical (unpaired) electrons. The normalized spacial score (nSPS) is 24.8. The number of fused-ring (bicyclic) bond motifs is 1. The Morgan fingerprint density at radius 2 is 2.15 bits per heavy atom. The molecule has 152 valence electrons. The van der Waals surface area contributed by atoms with Gasteiger partial charge in [0.05, 0.1) is 13.2 Å². The van der Waals surface area contributed by atoms with Crippen molar-refractivity contribution in [2.75, 3.05) is 38.2 Å². The number of halogens is 3. The van der Waals surface area contributed by atoms with Crippen LogP contribution in [0.15, 0.2) is 6.07 Å². The van der Waals surface area contributed by atoms with Gasteiger partial charge in [-0.05, 0) is 19.8 Å². The lowest BCUT2D eigenvalue weighted by molar-refractivity contribution is -0.173. The minimum Gasteiger partial charge on any atom is -0.379 e. The predicted molar refractivity (Wildman–Crippen MR) is 93.8 cm³/mol. The zero-order valence-electron chi connectivity index (χ0n) is 15.6. The SMILES string of the molecule is CC[C@@H]1C[C@H](C(F)(F)F)n2nc(C(=O)NC[C@H](C)N3CCOCC3)cc2N1. The highest BCUT2D eigenvalue weighted by atomic mass is 19.4. The van der Waals surface area contributed by atoms with E-state index in [1.54, 1.807) is 0 Å². The number of carbonyl (C=O) groups is 1. The molecule has 1 aromatic heterocycles. The van der Waals surface area contributed by atoms with Gasteiger partial charge in [-0.25, -0.2) is 4.68 Å². The molecular weight excluding hydrogens is 363 g/mol. The number of aromatic nitrogens is 2. The summed E-state index contributed by atoms with van der Waals surface area (Å²) in [7, 11) is 0. The number of amides is 1. The Hall–Kier alpha value is -1.81. The third kappa shape index (κ3) is 4.55. The second-order valence-corrected chi connectivity index (χ2v) is 7.11. The van der Waals surface area contributed by atoms with Crippen LogP contribution in [-0.4, -0.2) is 71.7 Å². The van der Waals surface area contributed by atoms with Crippen LogP contribution < -0.4 is 10.6 Å². The van der Waals surface area contributed by atoms with E-state index in [-0.39, 0.29) is 30.0 Å². The van der Waals surface area contributed by atoms with Gasteiger partial charge >= 0.3 is 6.18 Å². The molecule has 3 rings (SSSR count). The van der Waals surface area contributed by atoms with Gasteiger partial charge in [0.25, 0.3) is 5.91 Å². The van der Waals surface area contributed by atoms with E-state index in [1.807, 2.05) is 13.8 Å². The first kappa shape index (κ1) is 19.9. The van der Waals surface area contributed by atoms with E-state index in [9.17, 15) is 18.0 Å². The van der Waals surface area contributed by atoms with Crippen LogP contribution >= 0.6 is 0 Å². The molecule has 0 aromatic carbocycles. The van der Waals surface area contributed by atoms with E-state index in [2.05, 4.69) is 20.6 Å². The maximum Gasteiger partial charge on any atom is 0.410 e. The largest absolute Gasteiger partial charge is 0.410 e. The summed E-state index contributed by atoms with van der Waals surface area (Å²) in [6.45, 7) is 7.14. The van der Waals surface area contributed by atoms with E-state index < -0.39 is 18.1 Å². The average molecular weight is 389 g/mol. The first-order valence-corrected chi connectivity index (χ1v) is 9.32. The molecule has 3 heterocycles. The lowest BCUT2D eigenvalue weighted by atomic mass is 10.0. The van der Waals surface area contributed by atoms with Crippen molar-refractivity contribution >= 4 is 11.7 Å². The number of ether oxygens (including phenoxy) is 1. The van der Waals surface area contributed by atoms with Gasteiger partial charge in [-0.1, -0.05) is 6.92 Å². The van der Waals surface area contributed by atoms with Crippen molar-refractivity contribution in [3.05, 3.63) is 11.8 Å². The van der Waals surface area contributed by atoms with E-state index >= 15 is 0 Å². The Balaban J connectivity index is 1.67. The molecule has 3 atom stereocenters. The van der Waals surface area contributed by atoms with Crippen LogP contribution in [0.5, 0.6) is 0 Å². The van der Waals surface area contributed by atoms with Crippen molar-refractivity contribution in [1.82, 2.24) is 20.0 Å². The smallest absolute Gasteiger partial charge is 0.379 e. The van der Waals surface area contributed by atoms with Gasteiger partial charge in [-0.3, -0.25) is 9.69 Å². The van der Waals surface area contributed by atoms with Gasteiger partial charge in [0.1, 0.15) is 5.82 Å². The van der Waals surface area contributed by atoms with E-state index in [0.29, 0.717) is 26.2 Å². The monoisotopic (exact) mass is 389 g/mol. The van der Waals surface area contributed by atoms with Crippen LogP contribution in [0.4, 0.5) is 19.0 Å². The quantitative estimate of drug-likeness (QED) is 0.806. The number of nitrogens with zero attached hydrogens (tertiary/aromatic N) is 3. The molecule has 0 saturated carbocycles. The van der Waals surface area contributed by atoms with Gasteiger partial charge in [0.15, 0.2) is 11.7 Å². The van der Waals surface area contributed by atoms with Gasteiger partial charge in [0.2, 0.25) is 0 Å². The summed E-state index contributed by atoms with van der Waals surface area (Å²) in [4.78, 5) is 14.6. The highest BCUT2D eigenvalue weighted by Crippen LogP contribution is 2.39. The number of nitrogens with one attached hydrogen (secondary N) is 2. The summed E-state index contributed by atoms with van der Waals surface area (Å²) in [6, 6.07) is -0.499. The Morgan fingerprint density at radius 1 is 1.44 bits per heavy atom. The van der Waals surface area contributed by atoms with E-state index in [0.717, 1.165) is 17.8 Å². The minimum atomic E-state index is -4.41. The number of rotatable bonds is 5. The minimum absolute atomic E-state index is 0.00215. The predicted octanol–water partition coefficient (Wildman–Crippen LogP) is 2.03. The summed E-state index contributed by atoms with van der Waals surface area (Å²) >= 11 is 0. The maximum atomic E-state index is 13.4. The summed E-state index contributed by atoms with van der Waals surface area (Å²) in [6.07, 6.45) is -3.94. The zero-order valence-corrected chi connectivity index (χ0v) is 15.6. The van der Waals surface area contributed by atoms with Crippen LogP contribution in [0.25, 0.3) is 0 Å². The molecule has 1 amide bonds. The molecule has 0 bridgehead atoms. The van der Waals surface area contributed by atoms with Crippen molar-refractivity contribution in [2.24, 2.45) is 0 Å². The van der Waals surface area contributed by atoms with Gasteiger partial charge in [0, 0.05) is 37.8 Å². The molecule has 0 aliphatic carbocycles. The van der Waals surface area contributed by atoms with Gasteiger partial charge in [-0.15, -0.1) is 0 Å². The average Bonchev–Trinajstić information content (AvgIpc) is 3.08. The fourth-order valence-electron chi connectivity index (χ4n) is 3.51. The fraction of sp³-hybridized carbons (Fsp3) is 0.765. The van der Waals surface area contributed by atoms with Crippen molar-refractivity contribution in [2.45, 2.75) is 51.0 Å². The molecule has 1 saturated heterocycles. The van der Waals surface area contributed by atoms with Gasteiger partial charge in [-0.2, -0.15) is 18.3 Å². The third-order valence-electron chi connectivity index (χ3n) is 5.22. The summed E-state index contributed by atoms with van der Waals surface area (Å²) < 4.78 is 46.4. The molecular formula is C17H26F3N5O2. The molecule has 7 nitrogen and oxygen atoms in total. The van der Waals surface area contributed by atoms with Crippen molar-refractivity contribution in [1.29, 1.82) is 0 Å². The zero-order chi connectivity index (χ0) is 19.6. The second kappa shape index (κ2) is 8.05. The molecule has 2 aliphatic heterocycles. The van der Waals surface area contributed by atoms with Gasteiger partial charge < -0.3 is 15.4 Å². The van der Waals surface area contributed by atoms with Crippen LogP contribution in [-0.2, 0) is 4.74 Å². The molecule has 2 N–H and O–H groups in total. The topological polar surface area (TPSA) is 71.4 Å². The summed E-state index contributed by atoms with van der Waals surface area (Å²) in [5.41, 5.74) is -0.00215. The number of hydrogen-bond donors (Lipinski definition) is 2. The van der Waals surface area contributed by atoms with Crippen molar-refractivity contribution in [3.8, 4) is 0 Å². The molecule has 1 fully saturated rings. The lowest BCUT2D eigenvalue weighted by Crippen LogP contribution is -2.47. The molecule has 27 heavy (non-hydrogen) atoms. The molecule has 2 aliphatic rings. The van der Waals surface area contributed by atoms with Crippen LogP contribution in [0.1, 0.15) is 43.2 Å². The number of carbonyl (C=O) groups excluding carboxylic acids is 1. The summed E-state index contributed by atoms with van der Waals surface area (Å²) in [5, 5.41) is 9.76. The first-order chi connectivity index (χ1) is 12.8. The Morgan fingerprint density at radius 3 is 2.78 bits per heavy atom. The van der Waals surface area contributed by atoms with Crippen LogP contribution in [0, 0.1) is 0 Å². The number of alkyl halides is 3. The molecule has 10 heteroatoms. The van der Waals surface area contributed by atoms with Crippen LogP contribution in [0.2, 0.25) is 0 Å². The lowest BCUT2D eigenvalue weighted by Gasteiger charge is -2.32. The Kier molecular flexibility index (Phi) is 5.95. The molecule has 0 unspecified atom stereocenters. The maximum absolute atomic E-state index is 13.4. The van der Waals surface area contributed by atoms with Crippen LogP contribution in [0.3, 0.4) is 0 Å². The van der Waals surface area contributed by atoms with E-state index in [1.165, 1.54) is 6.07 Å². The van der Waals surface area contributed by atoms with Crippen molar-refractivity contribution in [3.63, 3.8) is 0 Å². The fourth-order valence-corrected chi connectivity index (χ4v) is 3.51. The van der Waals surface area contributed by atoms with E-state index in [4.69, 9.17) is 4.74 Å². The molecule has 1 aromatic rings. The Labute approximate surface area is 156 Å². The highest BCUT2D eigenvalue weighted by Gasteiger charge is 2.46. The first-order valence-electron chi connectivity index (χ1n) is 9.32. The standard InChI is InChI=1S/C17H26F3N5O2/c1-3-12-8-14(17(18,19)20)25-15(22-12)9-13(23-25)16(26)21-10-11(2)24-4-6-27-7-5-24/h9,11-12,14,22H,3-8,10H2,1-2H3,(H,21,26)/t11-,12+,14+/m0/s1. The second-order valence-electron chi connectivity index (χ2n) is 7.11. The Bertz CT molecular complexity index is 657. The van der Waals surface area contributed by atoms with Crippen molar-refractivity contribution < 1.29 is 22.7 Å². The number of morpholine rings is 1. The number of hydrogen-bond acceptors (Lipinski definition) is 5.